The predicted molar refractivity (Wildman–Crippen MR) is 60.6 cm³/mol. The van der Waals surface area contributed by atoms with Crippen LogP contribution in [0.1, 0.15) is 5.56 Å². The molecule has 0 bridgehead atoms. The number of aromatic nitrogens is 3. The Balaban J connectivity index is 1.95. The fraction of sp³-hybridized carbons (Fsp3) is 0.111. The first-order valence-electron chi connectivity index (χ1n) is 4.19. The van der Waals surface area contributed by atoms with E-state index in [4.69, 9.17) is 0 Å². The molecule has 1 atom stereocenters. The van der Waals surface area contributed by atoms with Gasteiger partial charge in [0.15, 0.2) is 0 Å². The molecule has 2 aromatic rings. The van der Waals surface area contributed by atoms with Gasteiger partial charge >= 0.3 is 95.2 Å². The molecule has 3 nitrogen and oxygen atoms in total. The summed E-state index contributed by atoms with van der Waals surface area (Å²) in [5.74, 6) is 0.933. The van der Waals surface area contributed by atoms with Crippen LogP contribution in [0.4, 0.5) is 0 Å². The second kappa shape index (κ2) is 4.67. The molecule has 5 heteroatoms. The molecule has 1 unspecified atom stereocenters. The maximum absolute atomic E-state index is 4.25. The quantitative estimate of drug-likeness (QED) is 0.644. The van der Waals surface area contributed by atoms with Crippen molar-refractivity contribution in [1.29, 1.82) is 0 Å². The van der Waals surface area contributed by atoms with Crippen molar-refractivity contribution in [2.24, 2.45) is 0 Å². The van der Waals surface area contributed by atoms with Crippen molar-refractivity contribution in [3.8, 4) is 0 Å². The summed E-state index contributed by atoms with van der Waals surface area (Å²) < 4.78 is 0.855. The van der Waals surface area contributed by atoms with E-state index in [0.717, 1.165) is 15.5 Å². The zero-order valence-electron chi connectivity index (χ0n) is 7.47. The SMILES string of the molecule is [AsH2]c1n[nH]c(SCc2ccccc2)n1. The Kier molecular flexibility index (Phi) is 3.27. The third kappa shape index (κ3) is 2.63. The van der Waals surface area contributed by atoms with Gasteiger partial charge in [-0.25, -0.2) is 0 Å². The number of nitrogens with one attached hydrogen (secondary N) is 1. The van der Waals surface area contributed by atoms with Gasteiger partial charge in [0.25, 0.3) is 0 Å². The van der Waals surface area contributed by atoms with Gasteiger partial charge in [0.2, 0.25) is 0 Å². The second-order valence-corrected chi connectivity index (χ2v) is 4.82. The molecule has 0 fully saturated rings. The number of hydrogen-bond donors (Lipinski definition) is 1. The van der Waals surface area contributed by atoms with Crippen LogP contribution >= 0.6 is 11.8 Å². The van der Waals surface area contributed by atoms with E-state index in [1.165, 1.54) is 22.4 Å². The Morgan fingerprint density at radius 1 is 1.29 bits per heavy atom. The van der Waals surface area contributed by atoms with Crippen LogP contribution < -0.4 is 4.61 Å². The fourth-order valence-electron chi connectivity index (χ4n) is 1.05. The van der Waals surface area contributed by atoms with Crippen LogP contribution in [0.5, 0.6) is 0 Å². The molecule has 1 heterocycles. The van der Waals surface area contributed by atoms with Gasteiger partial charge in [-0.05, 0) is 0 Å². The third-order valence-corrected chi connectivity index (χ3v) is 3.18. The van der Waals surface area contributed by atoms with Crippen LogP contribution in [0, 0.1) is 0 Å². The standard InChI is InChI=1S/C9H10AsN3S/c10-8-11-9(13-12-8)14-6-7-4-2-1-3-5-7/h1-5H,6,10H2,(H,11,12,13). The number of aromatic amines is 1. The number of benzene rings is 1. The second-order valence-electron chi connectivity index (χ2n) is 2.77. The van der Waals surface area contributed by atoms with Crippen molar-refractivity contribution in [2.45, 2.75) is 10.9 Å². The topological polar surface area (TPSA) is 41.6 Å². The molecular formula is C9H10AsN3S. The van der Waals surface area contributed by atoms with E-state index in [1.807, 2.05) is 18.2 Å². The molecule has 1 N–H and O–H groups in total. The minimum atomic E-state index is 0.855. The van der Waals surface area contributed by atoms with E-state index in [1.54, 1.807) is 11.8 Å². The van der Waals surface area contributed by atoms with E-state index in [-0.39, 0.29) is 0 Å². The van der Waals surface area contributed by atoms with E-state index in [9.17, 15) is 0 Å². The van der Waals surface area contributed by atoms with E-state index in [2.05, 4.69) is 27.3 Å². The Hall–Kier alpha value is -0.732. The van der Waals surface area contributed by atoms with Crippen molar-refractivity contribution in [3.05, 3.63) is 35.9 Å². The van der Waals surface area contributed by atoms with Gasteiger partial charge in [-0.2, -0.15) is 0 Å². The summed E-state index contributed by atoms with van der Waals surface area (Å²) in [6.07, 6.45) is 0. The molecule has 2 rings (SSSR count). The molecule has 1 aromatic carbocycles. The summed E-state index contributed by atoms with van der Waals surface area (Å²) in [5, 5.41) is 7.79. The van der Waals surface area contributed by atoms with Crippen molar-refractivity contribution < 1.29 is 0 Å². The summed E-state index contributed by atoms with van der Waals surface area (Å²) in [7, 11) is 0. The summed E-state index contributed by atoms with van der Waals surface area (Å²) >= 11 is 3.12. The fourth-order valence-corrected chi connectivity index (χ4v) is 2.42. The van der Waals surface area contributed by atoms with Gasteiger partial charge in [0, 0.05) is 0 Å². The number of hydrogen-bond acceptors (Lipinski definition) is 3. The third-order valence-electron chi connectivity index (χ3n) is 1.70. The van der Waals surface area contributed by atoms with Gasteiger partial charge in [-0.1, -0.05) is 0 Å². The van der Waals surface area contributed by atoms with Crippen LogP contribution in [-0.4, -0.2) is 32.0 Å². The number of thioether (sulfide) groups is 1. The molecule has 1 aromatic heterocycles. The van der Waals surface area contributed by atoms with Crippen LogP contribution in [0.2, 0.25) is 0 Å². The van der Waals surface area contributed by atoms with Gasteiger partial charge in [0.1, 0.15) is 0 Å². The molecule has 0 amide bonds. The summed E-state index contributed by atoms with van der Waals surface area (Å²) in [5.41, 5.74) is 1.30. The first-order valence-corrected chi connectivity index (χ1v) is 6.39. The zero-order chi connectivity index (χ0) is 9.80. The Morgan fingerprint density at radius 3 is 2.71 bits per heavy atom. The number of nitrogens with zero attached hydrogens (tertiary/aromatic N) is 2. The van der Waals surface area contributed by atoms with Crippen molar-refractivity contribution >= 4 is 33.2 Å². The number of H-pyrrole nitrogens is 1. The first kappa shape index (κ1) is 9.81. The molecule has 0 saturated heterocycles. The molecule has 0 aliphatic carbocycles. The van der Waals surface area contributed by atoms with Gasteiger partial charge in [-0.3, -0.25) is 0 Å². The molecule has 0 saturated carbocycles. The summed E-state index contributed by atoms with van der Waals surface area (Å²) in [6.45, 7) is 0. The van der Waals surface area contributed by atoms with Crippen LogP contribution in [0.15, 0.2) is 35.5 Å². The van der Waals surface area contributed by atoms with E-state index >= 15 is 0 Å². The first-order chi connectivity index (χ1) is 6.84. The monoisotopic (exact) mass is 267 g/mol. The van der Waals surface area contributed by atoms with E-state index < -0.39 is 0 Å². The van der Waals surface area contributed by atoms with Gasteiger partial charge in [0.05, 0.1) is 0 Å². The average Bonchev–Trinajstić information content (AvgIpc) is 2.63. The van der Waals surface area contributed by atoms with Gasteiger partial charge < -0.3 is 0 Å². The Labute approximate surface area is 95.2 Å². The Bertz CT molecular complexity index is 401. The normalized spacial score (nSPS) is 10.4. The maximum atomic E-state index is 4.25. The molecule has 0 spiro atoms. The molecular weight excluding hydrogens is 257 g/mol. The van der Waals surface area contributed by atoms with Crippen molar-refractivity contribution in [3.63, 3.8) is 0 Å². The molecule has 0 aliphatic rings. The van der Waals surface area contributed by atoms with Crippen LogP contribution in [0.3, 0.4) is 0 Å². The van der Waals surface area contributed by atoms with Crippen LogP contribution in [-0.2, 0) is 5.75 Å². The molecule has 0 aliphatic heterocycles. The summed E-state index contributed by atoms with van der Waals surface area (Å²) in [4.78, 5) is 4.25. The van der Waals surface area contributed by atoms with Crippen molar-refractivity contribution in [1.82, 2.24) is 15.2 Å². The molecule has 72 valence electrons. The summed E-state index contributed by atoms with van der Waals surface area (Å²) in [6, 6.07) is 10.3. The Morgan fingerprint density at radius 2 is 2.07 bits per heavy atom. The van der Waals surface area contributed by atoms with Crippen molar-refractivity contribution in [2.75, 3.05) is 0 Å². The average molecular weight is 267 g/mol. The number of rotatable bonds is 3. The van der Waals surface area contributed by atoms with Gasteiger partial charge in [-0.15, -0.1) is 0 Å². The van der Waals surface area contributed by atoms with Crippen LogP contribution in [0.25, 0.3) is 0 Å². The predicted octanol–water partition coefficient (Wildman–Crippen LogP) is 0.355. The van der Waals surface area contributed by atoms with E-state index in [0.29, 0.717) is 0 Å². The minimum absolute atomic E-state index is 0.855. The molecule has 14 heavy (non-hydrogen) atoms. The molecule has 0 radical (unpaired) electrons. The zero-order valence-corrected chi connectivity index (χ0v) is 10.7.